The van der Waals surface area contributed by atoms with Gasteiger partial charge in [0.05, 0.1) is 17.2 Å². The zero-order chi connectivity index (χ0) is 18.0. The van der Waals surface area contributed by atoms with Gasteiger partial charge in [-0.05, 0) is 44.5 Å². The lowest BCUT2D eigenvalue weighted by Crippen LogP contribution is -2.19. The number of esters is 1. The normalized spacial score (nSPS) is 17.3. The largest absolute Gasteiger partial charge is 0.425 e. The molecule has 2 aromatic rings. The van der Waals surface area contributed by atoms with Crippen LogP contribution in [0.3, 0.4) is 0 Å². The Balaban J connectivity index is 2.01. The summed E-state index contributed by atoms with van der Waals surface area (Å²) >= 11 is 12.8. The van der Waals surface area contributed by atoms with Gasteiger partial charge < -0.3 is 4.74 Å². The van der Waals surface area contributed by atoms with Gasteiger partial charge in [-0.15, -0.1) is 0 Å². The Kier molecular flexibility index (Phi) is 5.21. The molecule has 128 valence electrons. The molecule has 0 amide bonds. The van der Waals surface area contributed by atoms with Crippen molar-refractivity contribution in [3.63, 3.8) is 0 Å². The highest BCUT2D eigenvalue weighted by atomic mass is 35.5. The molecule has 0 saturated heterocycles. The summed E-state index contributed by atoms with van der Waals surface area (Å²) in [4.78, 5) is 20.9. The Hall–Kier alpha value is -2.17. The van der Waals surface area contributed by atoms with Crippen molar-refractivity contribution in [2.24, 2.45) is 4.99 Å². The lowest BCUT2D eigenvalue weighted by Gasteiger charge is -2.26. The molecule has 0 fully saturated rings. The van der Waals surface area contributed by atoms with Crippen LogP contribution in [-0.2, 0) is 4.74 Å². The number of hydrogen-bond acceptors (Lipinski definition) is 4. The second kappa shape index (κ2) is 7.38. The molecule has 0 N–H and O–H groups in total. The Morgan fingerprint density at radius 3 is 2.52 bits per heavy atom. The number of carbonyl (C=O) groups excluding carboxylic acids is 1. The third kappa shape index (κ3) is 3.75. The van der Waals surface area contributed by atoms with E-state index in [9.17, 15) is 4.79 Å². The molecule has 1 aromatic heterocycles. The van der Waals surface area contributed by atoms with Crippen LogP contribution >= 0.6 is 23.2 Å². The van der Waals surface area contributed by atoms with Crippen molar-refractivity contribution < 1.29 is 9.53 Å². The van der Waals surface area contributed by atoms with Crippen molar-refractivity contribution in [3.8, 4) is 0 Å². The quantitative estimate of drug-likeness (QED) is 0.673. The first-order valence-electron chi connectivity index (χ1n) is 7.78. The molecule has 1 aliphatic rings. The molecule has 1 aliphatic heterocycles. The zero-order valence-corrected chi connectivity index (χ0v) is 15.3. The minimum Gasteiger partial charge on any atom is -0.425 e. The van der Waals surface area contributed by atoms with Crippen LogP contribution < -0.4 is 0 Å². The molecule has 25 heavy (non-hydrogen) atoms. The number of allylic oxidation sites excluding steroid dienone is 2. The lowest BCUT2D eigenvalue weighted by molar-refractivity contribution is 0.0598. The highest BCUT2D eigenvalue weighted by Crippen LogP contribution is 2.42. The van der Waals surface area contributed by atoms with Gasteiger partial charge in [-0.3, -0.25) is 9.98 Å². The molecule has 6 heteroatoms. The minimum absolute atomic E-state index is 0.265. The van der Waals surface area contributed by atoms with Crippen LogP contribution in [0.25, 0.3) is 0 Å². The van der Waals surface area contributed by atoms with Crippen LogP contribution in [0, 0.1) is 0 Å². The van der Waals surface area contributed by atoms with E-state index in [0.717, 1.165) is 11.3 Å². The smallest absolute Gasteiger partial charge is 0.344 e. The molecular formula is C19H16Cl2N2O2. The average molecular weight is 375 g/mol. The fourth-order valence-electron chi connectivity index (χ4n) is 2.89. The summed E-state index contributed by atoms with van der Waals surface area (Å²) in [5.74, 6) is -0.279. The van der Waals surface area contributed by atoms with Gasteiger partial charge in [-0.25, -0.2) is 4.79 Å². The van der Waals surface area contributed by atoms with Crippen LogP contribution in [0.15, 0.2) is 59.2 Å². The van der Waals surface area contributed by atoms with E-state index in [-0.39, 0.29) is 5.92 Å². The van der Waals surface area contributed by atoms with E-state index in [4.69, 9.17) is 27.9 Å². The maximum atomic E-state index is 12.5. The molecule has 2 heterocycles. The van der Waals surface area contributed by atoms with Gasteiger partial charge in [0, 0.05) is 33.7 Å². The highest BCUT2D eigenvalue weighted by Gasteiger charge is 2.30. The van der Waals surface area contributed by atoms with Crippen molar-refractivity contribution >= 4 is 34.9 Å². The van der Waals surface area contributed by atoms with Crippen LogP contribution in [0.1, 0.15) is 42.1 Å². The summed E-state index contributed by atoms with van der Waals surface area (Å²) in [6.45, 7) is 3.74. The van der Waals surface area contributed by atoms with Gasteiger partial charge in [-0.2, -0.15) is 0 Å². The molecule has 0 spiro atoms. The highest BCUT2D eigenvalue weighted by molar-refractivity contribution is 6.36. The van der Waals surface area contributed by atoms with E-state index < -0.39 is 5.97 Å². The van der Waals surface area contributed by atoms with Gasteiger partial charge in [0.2, 0.25) is 0 Å². The Morgan fingerprint density at radius 2 is 1.88 bits per heavy atom. The Bertz CT molecular complexity index is 856. The standard InChI is InChI=1S/C19H16Cl2N2O2/c1-11-9-14(17-15(20)6-3-7-16(17)21)18(12(2)23-11)25-19(24)13-5-4-8-22-10-13/h3-8,10,14H,9H2,1-2H3. The summed E-state index contributed by atoms with van der Waals surface area (Å²) in [6.07, 6.45) is 3.64. The van der Waals surface area contributed by atoms with E-state index >= 15 is 0 Å². The first-order chi connectivity index (χ1) is 12.0. The number of hydrogen-bond donors (Lipinski definition) is 0. The van der Waals surface area contributed by atoms with Crippen molar-refractivity contribution in [1.82, 2.24) is 4.98 Å². The van der Waals surface area contributed by atoms with Gasteiger partial charge in [0.15, 0.2) is 0 Å². The van der Waals surface area contributed by atoms with E-state index in [1.807, 2.05) is 13.8 Å². The Labute approximate surface area is 156 Å². The lowest BCUT2D eigenvalue weighted by atomic mass is 9.89. The minimum atomic E-state index is -0.481. The van der Waals surface area contributed by atoms with Crippen molar-refractivity contribution in [2.45, 2.75) is 26.2 Å². The second-order valence-electron chi connectivity index (χ2n) is 5.82. The third-order valence-corrected chi connectivity index (χ3v) is 4.64. The van der Waals surface area contributed by atoms with Crippen LogP contribution in [0.5, 0.6) is 0 Å². The number of aromatic nitrogens is 1. The average Bonchev–Trinajstić information content (AvgIpc) is 2.58. The SMILES string of the molecule is CC1=NC(C)=C(OC(=O)c2cccnc2)C(c2c(Cl)cccc2Cl)C1. The molecule has 3 rings (SSSR count). The van der Waals surface area contributed by atoms with Crippen LogP contribution in [-0.4, -0.2) is 16.7 Å². The first-order valence-corrected chi connectivity index (χ1v) is 8.54. The summed E-state index contributed by atoms with van der Waals surface area (Å²) < 4.78 is 5.69. The zero-order valence-electron chi connectivity index (χ0n) is 13.8. The molecule has 4 nitrogen and oxygen atoms in total. The van der Waals surface area contributed by atoms with Crippen molar-refractivity contribution in [3.05, 3.63) is 75.4 Å². The van der Waals surface area contributed by atoms with Crippen molar-refractivity contribution in [2.75, 3.05) is 0 Å². The summed E-state index contributed by atoms with van der Waals surface area (Å²) in [7, 11) is 0. The molecule has 0 radical (unpaired) electrons. The van der Waals surface area contributed by atoms with E-state index in [1.54, 1.807) is 36.5 Å². The van der Waals surface area contributed by atoms with Crippen LogP contribution in [0.2, 0.25) is 10.0 Å². The van der Waals surface area contributed by atoms with Gasteiger partial charge in [0.25, 0.3) is 0 Å². The Morgan fingerprint density at radius 1 is 1.16 bits per heavy atom. The molecule has 0 bridgehead atoms. The van der Waals surface area contributed by atoms with E-state index in [1.165, 1.54) is 6.20 Å². The molecule has 1 unspecified atom stereocenters. The fourth-order valence-corrected chi connectivity index (χ4v) is 3.55. The summed E-state index contributed by atoms with van der Waals surface area (Å²) in [6, 6.07) is 8.68. The topological polar surface area (TPSA) is 51.5 Å². The van der Waals surface area contributed by atoms with Gasteiger partial charge >= 0.3 is 5.97 Å². The molecule has 0 saturated carbocycles. The number of benzene rings is 1. The van der Waals surface area contributed by atoms with E-state index in [0.29, 0.717) is 33.5 Å². The third-order valence-electron chi connectivity index (χ3n) is 3.98. The second-order valence-corrected chi connectivity index (χ2v) is 6.63. The number of carbonyl (C=O) groups is 1. The number of nitrogens with zero attached hydrogens (tertiary/aromatic N) is 2. The molecule has 0 aliphatic carbocycles. The predicted octanol–water partition coefficient (Wildman–Crippen LogP) is 5.43. The van der Waals surface area contributed by atoms with Gasteiger partial charge in [-0.1, -0.05) is 29.3 Å². The van der Waals surface area contributed by atoms with Crippen molar-refractivity contribution in [1.29, 1.82) is 0 Å². The summed E-state index contributed by atoms with van der Waals surface area (Å²) in [5.41, 5.74) is 2.69. The van der Waals surface area contributed by atoms with E-state index in [2.05, 4.69) is 9.98 Å². The molecule has 1 atom stereocenters. The first kappa shape index (κ1) is 17.6. The maximum Gasteiger partial charge on any atom is 0.344 e. The van der Waals surface area contributed by atoms with Gasteiger partial charge in [0.1, 0.15) is 5.76 Å². The predicted molar refractivity (Wildman–Crippen MR) is 99.3 cm³/mol. The maximum absolute atomic E-state index is 12.5. The number of halogens is 2. The fraction of sp³-hybridized carbons (Fsp3) is 0.211. The van der Waals surface area contributed by atoms with Crippen LogP contribution in [0.4, 0.5) is 0 Å². The molecular weight excluding hydrogens is 359 g/mol. The number of aliphatic imine (C=N–C) groups is 1. The number of ether oxygens (including phenoxy) is 1. The summed E-state index contributed by atoms with van der Waals surface area (Å²) in [5, 5.41) is 1.07. The molecule has 1 aromatic carbocycles. The number of pyridine rings is 1. The monoisotopic (exact) mass is 374 g/mol. The number of rotatable bonds is 3.